The highest BCUT2D eigenvalue weighted by Crippen LogP contribution is 2.09. The molecule has 116 valence electrons. The van der Waals surface area contributed by atoms with Gasteiger partial charge in [0.25, 0.3) is 0 Å². The Kier molecular flexibility index (Phi) is 7.23. The Labute approximate surface area is 131 Å². The third kappa shape index (κ3) is 6.63. The van der Waals surface area contributed by atoms with Crippen molar-refractivity contribution in [2.45, 2.75) is 39.7 Å². The zero-order chi connectivity index (χ0) is 15.8. The van der Waals surface area contributed by atoms with Crippen molar-refractivity contribution in [2.75, 3.05) is 13.1 Å². The molecule has 1 N–H and O–H groups in total. The molecule has 0 saturated carbocycles. The summed E-state index contributed by atoms with van der Waals surface area (Å²) in [6, 6.07) is 7.69. The Morgan fingerprint density at radius 3 is 2.38 bits per heavy atom. The predicted octanol–water partition coefficient (Wildman–Crippen LogP) is 2.65. The van der Waals surface area contributed by atoms with E-state index in [4.69, 9.17) is 11.6 Å². The van der Waals surface area contributed by atoms with Crippen molar-refractivity contribution >= 4 is 23.4 Å². The molecule has 21 heavy (non-hydrogen) atoms. The van der Waals surface area contributed by atoms with E-state index < -0.39 is 0 Å². The maximum atomic E-state index is 11.8. The second-order valence-corrected chi connectivity index (χ2v) is 5.72. The van der Waals surface area contributed by atoms with Crippen LogP contribution in [0.1, 0.15) is 32.8 Å². The van der Waals surface area contributed by atoms with Gasteiger partial charge in [-0.25, -0.2) is 0 Å². The van der Waals surface area contributed by atoms with Crippen molar-refractivity contribution in [3.05, 3.63) is 34.9 Å². The van der Waals surface area contributed by atoms with Gasteiger partial charge in [0.15, 0.2) is 0 Å². The molecule has 1 rings (SSSR count). The van der Waals surface area contributed by atoms with Gasteiger partial charge < -0.3 is 10.2 Å². The number of benzene rings is 1. The summed E-state index contributed by atoms with van der Waals surface area (Å²) in [6.07, 6.45) is 1.10. The summed E-state index contributed by atoms with van der Waals surface area (Å²) in [7, 11) is 0. The van der Waals surface area contributed by atoms with E-state index in [1.54, 1.807) is 4.90 Å². The highest BCUT2D eigenvalue weighted by atomic mass is 35.5. The van der Waals surface area contributed by atoms with Crippen LogP contribution in [0.4, 0.5) is 0 Å². The maximum absolute atomic E-state index is 11.8. The van der Waals surface area contributed by atoms with Gasteiger partial charge in [-0.1, -0.05) is 23.7 Å². The van der Waals surface area contributed by atoms with Crippen LogP contribution in [0, 0.1) is 0 Å². The summed E-state index contributed by atoms with van der Waals surface area (Å²) >= 11 is 5.82. The number of rotatable bonds is 7. The van der Waals surface area contributed by atoms with Crippen molar-refractivity contribution in [1.29, 1.82) is 0 Å². The molecule has 0 heterocycles. The van der Waals surface area contributed by atoms with Crippen LogP contribution in [-0.2, 0) is 16.0 Å². The molecule has 0 bridgehead atoms. The fourth-order valence-electron chi connectivity index (χ4n) is 2.09. The van der Waals surface area contributed by atoms with Gasteiger partial charge in [-0.3, -0.25) is 9.59 Å². The molecule has 0 aliphatic rings. The smallest absolute Gasteiger partial charge is 0.221 e. The van der Waals surface area contributed by atoms with Gasteiger partial charge in [0, 0.05) is 37.5 Å². The highest BCUT2D eigenvalue weighted by Gasteiger charge is 2.13. The first kappa shape index (κ1) is 17.5. The summed E-state index contributed by atoms with van der Waals surface area (Å²) in [5, 5.41) is 3.58. The fourth-order valence-corrected chi connectivity index (χ4v) is 2.21. The van der Waals surface area contributed by atoms with Gasteiger partial charge in [0.05, 0.1) is 0 Å². The van der Waals surface area contributed by atoms with E-state index in [1.807, 2.05) is 38.1 Å². The second-order valence-electron chi connectivity index (χ2n) is 5.28. The number of carbonyl (C=O) groups excluding carboxylic acids is 2. The minimum Gasteiger partial charge on any atom is -0.356 e. The van der Waals surface area contributed by atoms with E-state index in [2.05, 4.69) is 5.32 Å². The minimum atomic E-state index is -0.0316. The van der Waals surface area contributed by atoms with Crippen LogP contribution in [0.25, 0.3) is 0 Å². The van der Waals surface area contributed by atoms with Crippen LogP contribution in [0.2, 0.25) is 5.02 Å². The lowest BCUT2D eigenvalue weighted by Crippen LogP contribution is -2.38. The Morgan fingerprint density at radius 1 is 1.24 bits per heavy atom. The molecule has 0 aromatic heterocycles. The Hall–Kier alpha value is -1.55. The largest absolute Gasteiger partial charge is 0.356 e. The molecule has 1 aromatic rings. The first-order valence-electron chi connectivity index (χ1n) is 7.18. The van der Waals surface area contributed by atoms with Crippen molar-refractivity contribution in [2.24, 2.45) is 0 Å². The van der Waals surface area contributed by atoms with Gasteiger partial charge in [-0.2, -0.15) is 0 Å². The summed E-state index contributed by atoms with van der Waals surface area (Å²) in [5.41, 5.74) is 1.13. The maximum Gasteiger partial charge on any atom is 0.221 e. The van der Waals surface area contributed by atoms with E-state index in [-0.39, 0.29) is 17.9 Å². The van der Waals surface area contributed by atoms with Crippen LogP contribution in [0.15, 0.2) is 24.3 Å². The quantitative estimate of drug-likeness (QED) is 0.841. The first-order valence-corrected chi connectivity index (χ1v) is 7.56. The number of nitrogens with one attached hydrogen (secondary N) is 1. The third-order valence-electron chi connectivity index (χ3n) is 3.26. The normalized spacial score (nSPS) is 10.5. The number of carbonyl (C=O) groups is 2. The van der Waals surface area contributed by atoms with Crippen LogP contribution in [0.3, 0.4) is 0 Å². The number of hydrogen-bond donors (Lipinski definition) is 1. The van der Waals surface area contributed by atoms with Gasteiger partial charge >= 0.3 is 0 Å². The summed E-state index contributed by atoms with van der Waals surface area (Å²) in [6.45, 7) is 6.46. The van der Waals surface area contributed by atoms with Crippen molar-refractivity contribution in [3.63, 3.8) is 0 Å². The van der Waals surface area contributed by atoms with E-state index in [0.717, 1.165) is 12.0 Å². The lowest BCUT2D eigenvalue weighted by Gasteiger charge is -2.24. The van der Waals surface area contributed by atoms with Gasteiger partial charge in [0.1, 0.15) is 0 Å². The molecule has 0 radical (unpaired) electrons. The zero-order valence-electron chi connectivity index (χ0n) is 12.9. The minimum absolute atomic E-state index is 0.000959. The first-order chi connectivity index (χ1) is 9.90. The molecular weight excluding hydrogens is 288 g/mol. The van der Waals surface area contributed by atoms with E-state index in [0.29, 0.717) is 24.5 Å². The van der Waals surface area contributed by atoms with Crippen LogP contribution < -0.4 is 5.32 Å². The number of hydrogen-bond acceptors (Lipinski definition) is 2. The SMILES string of the molecule is CC(=O)N(CCC(=O)NCCc1ccc(Cl)cc1)C(C)C. The van der Waals surface area contributed by atoms with Crippen molar-refractivity contribution in [3.8, 4) is 0 Å². The average Bonchev–Trinajstić information content (AvgIpc) is 2.40. The topological polar surface area (TPSA) is 49.4 Å². The standard InChI is InChI=1S/C16H23ClN2O2/c1-12(2)19(13(3)20)11-9-16(21)18-10-8-14-4-6-15(17)7-5-14/h4-7,12H,8-11H2,1-3H3,(H,18,21). The van der Waals surface area contributed by atoms with Crippen LogP contribution in [0.5, 0.6) is 0 Å². The third-order valence-corrected chi connectivity index (χ3v) is 3.51. The lowest BCUT2D eigenvalue weighted by atomic mass is 10.1. The van der Waals surface area contributed by atoms with Crippen molar-refractivity contribution < 1.29 is 9.59 Å². The molecule has 2 amide bonds. The molecule has 0 saturated heterocycles. The molecular formula is C16H23ClN2O2. The molecule has 0 aliphatic heterocycles. The van der Waals surface area contributed by atoms with Crippen molar-refractivity contribution in [1.82, 2.24) is 10.2 Å². The number of halogens is 1. The Morgan fingerprint density at radius 2 is 1.86 bits per heavy atom. The molecule has 0 spiro atoms. The predicted molar refractivity (Wildman–Crippen MR) is 85.3 cm³/mol. The Balaban J connectivity index is 2.28. The fraction of sp³-hybridized carbons (Fsp3) is 0.500. The molecule has 4 nitrogen and oxygen atoms in total. The summed E-state index contributed by atoms with van der Waals surface area (Å²) in [5.74, 6) is -0.0326. The highest BCUT2D eigenvalue weighted by molar-refractivity contribution is 6.30. The van der Waals surface area contributed by atoms with Crippen LogP contribution in [-0.4, -0.2) is 35.8 Å². The molecule has 0 fully saturated rings. The van der Waals surface area contributed by atoms with E-state index in [9.17, 15) is 9.59 Å². The molecule has 0 unspecified atom stereocenters. The number of amides is 2. The second kappa shape index (κ2) is 8.67. The molecule has 0 aliphatic carbocycles. The zero-order valence-corrected chi connectivity index (χ0v) is 13.6. The molecule has 5 heteroatoms. The van der Waals surface area contributed by atoms with E-state index >= 15 is 0 Å². The number of nitrogens with zero attached hydrogens (tertiary/aromatic N) is 1. The monoisotopic (exact) mass is 310 g/mol. The van der Waals surface area contributed by atoms with Gasteiger partial charge in [-0.05, 0) is 38.0 Å². The van der Waals surface area contributed by atoms with Crippen LogP contribution >= 0.6 is 11.6 Å². The van der Waals surface area contributed by atoms with Gasteiger partial charge in [0.2, 0.25) is 11.8 Å². The molecule has 1 aromatic carbocycles. The lowest BCUT2D eigenvalue weighted by molar-refractivity contribution is -0.131. The molecule has 0 atom stereocenters. The summed E-state index contributed by atoms with van der Waals surface area (Å²) in [4.78, 5) is 24.9. The summed E-state index contributed by atoms with van der Waals surface area (Å²) < 4.78 is 0. The average molecular weight is 311 g/mol. The Bertz CT molecular complexity index is 472. The van der Waals surface area contributed by atoms with E-state index in [1.165, 1.54) is 6.92 Å². The van der Waals surface area contributed by atoms with Gasteiger partial charge in [-0.15, -0.1) is 0 Å².